The Labute approximate surface area is 125 Å². The van der Waals surface area contributed by atoms with Crippen LogP contribution >= 0.6 is 0 Å². The number of hydrogen-bond donors (Lipinski definition) is 1. The molecule has 2 heterocycles. The second-order valence-electron chi connectivity index (χ2n) is 5.78. The highest BCUT2D eigenvalue weighted by molar-refractivity contribution is 5.61. The second-order valence-corrected chi connectivity index (χ2v) is 5.78. The van der Waals surface area contributed by atoms with Crippen LogP contribution in [0.1, 0.15) is 17.9 Å². The maximum Gasteiger partial charge on any atom is 0.142 e. The number of fused-ring (bicyclic) bond motifs is 2. The summed E-state index contributed by atoms with van der Waals surface area (Å²) < 4.78 is 5.86. The SMILES string of the molecule is c1ccc2c(c1)NCC2CN1CCCOc2ccccc21. The van der Waals surface area contributed by atoms with Gasteiger partial charge in [0.15, 0.2) is 0 Å². The Morgan fingerprint density at radius 2 is 1.95 bits per heavy atom. The van der Waals surface area contributed by atoms with Crippen LogP contribution in [0.15, 0.2) is 48.5 Å². The molecule has 2 aromatic carbocycles. The first kappa shape index (κ1) is 12.6. The third-order valence-electron chi connectivity index (χ3n) is 4.42. The van der Waals surface area contributed by atoms with Gasteiger partial charge in [-0.1, -0.05) is 30.3 Å². The predicted octanol–water partition coefficient (Wildman–Crippen LogP) is 3.48. The average molecular weight is 280 g/mol. The molecule has 2 aliphatic rings. The molecule has 0 bridgehead atoms. The van der Waals surface area contributed by atoms with Gasteiger partial charge >= 0.3 is 0 Å². The fourth-order valence-electron chi connectivity index (χ4n) is 3.37. The van der Waals surface area contributed by atoms with Crippen LogP contribution < -0.4 is 15.0 Å². The molecule has 108 valence electrons. The highest BCUT2D eigenvalue weighted by Crippen LogP contribution is 2.36. The lowest BCUT2D eigenvalue weighted by molar-refractivity contribution is 0.322. The number of benzene rings is 2. The van der Waals surface area contributed by atoms with Crippen molar-refractivity contribution in [2.75, 3.05) is 36.5 Å². The van der Waals surface area contributed by atoms with Crippen molar-refractivity contribution in [3.63, 3.8) is 0 Å². The van der Waals surface area contributed by atoms with E-state index in [0.29, 0.717) is 5.92 Å². The summed E-state index contributed by atoms with van der Waals surface area (Å²) in [6.45, 7) is 3.95. The van der Waals surface area contributed by atoms with Crippen molar-refractivity contribution in [1.29, 1.82) is 0 Å². The number of hydrogen-bond acceptors (Lipinski definition) is 3. The lowest BCUT2D eigenvalue weighted by Gasteiger charge is -2.27. The number of ether oxygens (including phenoxy) is 1. The van der Waals surface area contributed by atoms with Crippen molar-refractivity contribution in [2.45, 2.75) is 12.3 Å². The Balaban J connectivity index is 1.61. The van der Waals surface area contributed by atoms with Gasteiger partial charge in [-0.2, -0.15) is 0 Å². The Morgan fingerprint density at radius 3 is 2.95 bits per heavy atom. The average Bonchev–Trinajstić information content (AvgIpc) is 2.82. The summed E-state index contributed by atoms with van der Waals surface area (Å²) in [5.74, 6) is 1.57. The molecule has 1 N–H and O–H groups in total. The van der Waals surface area contributed by atoms with Crippen LogP contribution in [0.5, 0.6) is 5.75 Å². The van der Waals surface area contributed by atoms with Gasteiger partial charge in [0.2, 0.25) is 0 Å². The van der Waals surface area contributed by atoms with Crippen molar-refractivity contribution in [3.8, 4) is 5.75 Å². The Kier molecular flexibility index (Phi) is 3.18. The molecule has 0 aliphatic carbocycles. The third-order valence-corrected chi connectivity index (χ3v) is 4.42. The third kappa shape index (κ3) is 2.33. The van der Waals surface area contributed by atoms with Crippen molar-refractivity contribution in [1.82, 2.24) is 0 Å². The first-order valence-corrected chi connectivity index (χ1v) is 7.71. The van der Waals surface area contributed by atoms with Gasteiger partial charge < -0.3 is 15.0 Å². The molecule has 2 aromatic rings. The molecule has 2 aliphatic heterocycles. The molecule has 1 unspecified atom stereocenters. The maximum atomic E-state index is 5.86. The van der Waals surface area contributed by atoms with E-state index in [2.05, 4.69) is 58.7 Å². The van der Waals surface area contributed by atoms with Crippen LogP contribution in [0.3, 0.4) is 0 Å². The first-order chi connectivity index (χ1) is 10.4. The van der Waals surface area contributed by atoms with Gasteiger partial charge in [0.25, 0.3) is 0 Å². The quantitative estimate of drug-likeness (QED) is 0.911. The van der Waals surface area contributed by atoms with E-state index >= 15 is 0 Å². The van der Waals surface area contributed by atoms with E-state index in [-0.39, 0.29) is 0 Å². The van der Waals surface area contributed by atoms with Crippen LogP contribution in [0.2, 0.25) is 0 Å². The summed E-state index contributed by atoms with van der Waals surface area (Å²) in [7, 11) is 0. The van der Waals surface area contributed by atoms with Gasteiger partial charge in [0, 0.05) is 31.2 Å². The molecule has 0 saturated carbocycles. The summed E-state index contributed by atoms with van der Waals surface area (Å²) in [5, 5.41) is 3.52. The van der Waals surface area contributed by atoms with E-state index in [9.17, 15) is 0 Å². The molecule has 0 aromatic heterocycles. The molecule has 3 nitrogen and oxygen atoms in total. The molecular weight excluding hydrogens is 260 g/mol. The molecule has 0 amide bonds. The van der Waals surface area contributed by atoms with E-state index < -0.39 is 0 Å². The maximum absolute atomic E-state index is 5.86. The lowest BCUT2D eigenvalue weighted by Crippen LogP contribution is -2.30. The molecule has 0 spiro atoms. The largest absolute Gasteiger partial charge is 0.491 e. The summed E-state index contributed by atoms with van der Waals surface area (Å²) in [5.41, 5.74) is 3.97. The number of nitrogens with zero attached hydrogens (tertiary/aromatic N) is 1. The van der Waals surface area contributed by atoms with Crippen molar-refractivity contribution in [3.05, 3.63) is 54.1 Å². The summed E-state index contributed by atoms with van der Waals surface area (Å²) >= 11 is 0. The molecule has 4 rings (SSSR count). The van der Waals surface area contributed by atoms with Crippen molar-refractivity contribution >= 4 is 11.4 Å². The number of nitrogens with one attached hydrogen (secondary N) is 1. The standard InChI is InChI=1S/C18H20N2O/c1-2-7-16-15(6-1)14(12-19-16)13-20-10-5-11-21-18-9-4-3-8-17(18)20/h1-4,6-9,14,19H,5,10-13H2. The summed E-state index contributed by atoms with van der Waals surface area (Å²) in [4.78, 5) is 2.48. The van der Waals surface area contributed by atoms with Crippen LogP contribution in [0.25, 0.3) is 0 Å². The van der Waals surface area contributed by atoms with Crippen LogP contribution in [-0.2, 0) is 0 Å². The van der Waals surface area contributed by atoms with Gasteiger partial charge in [-0.3, -0.25) is 0 Å². The second kappa shape index (κ2) is 5.32. The Bertz CT molecular complexity index is 641. The summed E-state index contributed by atoms with van der Waals surface area (Å²) in [6, 6.07) is 17.1. The molecule has 0 saturated heterocycles. The van der Waals surface area contributed by atoms with E-state index in [4.69, 9.17) is 4.74 Å². The van der Waals surface area contributed by atoms with Crippen molar-refractivity contribution in [2.24, 2.45) is 0 Å². The minimum absolute atomic E-state index is 0.548. The fraction of sp³-hybridized carbons (Fsp3) is 0.333. The summed E-state index contributed by atoms with van der Waals surface area (Å²) in [6.07, 6.45) is 1.08. The molecule has 1 atom stereocenters. The van der Waals surface area contributed by atoms with Crippen LogP contribution in [0, 0.1) is 0 Å². The molecule has 0 fully saturated rings. The molecule has 21 heavy (non-hydrogen) atoms. The zero-order chi connectivity index (χ0) is 14.1. The monoisotopic (exact) mass is 280 g/mol. The fourth-order valence-corrected chi connectivity index (χ4v) is 3.37. The van der Waals surface area contributed by atoms with Crippen molar-refractivity contribution < 1.29 is 4.74 Å². The van der Waals surface area contributed by atoms with Crippen LogP contribution in [0.4, 0.5) is 11.4 Å². The lowest BCUT2D eigenvalue weighted by atomic mass is 10.0. The Morgan fingerprint density at radius 1 is 1.10 bits per heavy atom. The topological polar surface area (TPSA) is 24.5 Å². The Hall–Kier alpha value is -2.16. The zero-order valence-electron chi connectivity index (χ0n) is 12.1. The highest BCUT2D eigenvalue weighted by Gasteiger charge is 2.25. The smallest absolute Gasteiger partial charge is 0.142 e. The van der Waals surface area contributed by atoms with E-state index in [1.54, 1.807) is 0 Å². The number of para-hydroxylation sites is 3. The van der Waals surface area contributed by atoms with E-state index in [1.807, 2.05) is 0 Å². The minimum atomic E-state index is 0.548. The van der Waals surface area contributed by atoms with Gasteiger partial charge in [0.05, 0.1) is 12.3 Å². The van der Waals surface area contributed by atoms with E-state index in [0.717, 1.165) is 38.4 Å². The highest BCUT2D eigenvalue weighted by atomic mass is 16.5. The normalized spacial score (nSPS) is 20.0. The first-order valence-electron chi connectivity index (χ1n) is 7.71. The molecular formula is C18H20N2O. The van der Waals surface area contributed by atoms with Gasteiger partial charge in [-0.05, 0) is 30.2 Å². The molecule has 0 radical (unpaired) electrons. The zero-order valence-corrected chi connectivity index (χ0v) is 12.1. The number of rotatable bonds is 2. The molecule has 3 heteroatoms. The van der Waals surface area contributed by atoms with Gasteiger partial charge in [0.1, 0.15) is 5.75 Å². The number of anilines is 2. The van der Waals surface area contributed by atoms with Crippen LogP contribution in [-0.4, -0.2) is 26.2 Å². The predicted molar refractivity (Wildman–Crippen MR) is 86.4 cm³/mol. The van der Waals surface area contributed by atoms with Gasteiger partial charge in [-0.25, -0.2) is 0 Å². The minimum Gasteiger partial charge on any atom is -0.491 e. The van der Waals surface area contributed by atoms with Gasteiger partial charge in [-0.15, -0.1) is 0 Å². The van der Waals surface area contributed by atoms with E-state index in [1.165, 1.54) is 16.9 Å².